The van der Waals surface area contributed by atoms with Crippen molar-refractivity contribution in [2.45, 2.75) is 83.6 Å². The van der Waals surface area contributed by atoms with Gasteiger partial charge in [-0.05, 0) is 63.2 Å². The van der Waals surface area contributed by atoms with Gasteiger partial charge in [0, 0.05) is 43.4 Å². The summed E-state index contributed by atoms with van der Waals surface area (Å²) in [5.74, 6) is 2.38. The van der Waals surface area contributed by atoms with Gasteiger partial charge in [0.1, 0.15) is 5.82 Å². The van der Waals surface area contributed by atoms with Crippen molar-refractivity contribution in [3.8, 4) is 11.3 Å². The van der Waals surface area contributed by atoms with Gasteiger partial charge in [0.15, 0.2) is 0 Å². The maximum atomic E-state index is 12.0. The Hall–Kier alpha value is -1.95. The molecule has 2 aromatic rings. The van der Waals surface area contributed by atoms with Gasteiger partial charge in [-0.25, -0.2) is 9.97 Å². The minimum absolute atomic E-state index is 0.203. The zero-order valence-electron chi connectivity index (χ0n) is 18.7. The summed E-state index contributed by atoms with van der Waals surface area (Å²) >= 11 is 6.51. The maximum absolute atomic E-state index is 12.0. The summed E-state index contributed by atoms with van der Waals surface area (Å²) in [7, 11) is 2.00. The van der Waals surface area contributed by atoms with Gasteiger partial charge in [0.25, 0.3) is 0 Å². The second kappa shape index (κ2) is 10.1. The number of rotatable bonds is 9. The minimum atomic E-state index is 0.203. The van der Waals surface area contributed by atoms with Crippen LogP contribution in [0.5, 0.6) is 0 Å². The van der Waals surface area contributed by atoms with Gasteiger partial charge >= 0.3 is 0 Å². The molecule has 0 aliphatic heterocycles. The number of carbonyl (C=O) groups is 1. The molecule has 6 nitrogen and oxygen atoms in total. The van der Waals surface area contributed by atoms with Crippen molar-refractivity contribution in [2.24, 2.45) is 18.9 Å². The van der Waals surface area contributed by atoms with Crippen LogP contribution < -0.4 is 5.32 Å². The van der Waals surface area contributed by atoms with E-state index in [1.807, 2.05) is 17.9 Å². The molecule has 1 N–H and O–H groups in total. The molecule has 2 saturated carbocycles. The fraction of sp³-hybridized carbons (Fsp3) is 0.667. The van der Waals surface area contributed by atoms with Crippen molar-refractivity contribution in [2.75, 3.05) is 0 Å². The summed E-state index contributed by atoms with van der Waals surface area (Å²) < 4.78 is 1.96. The Morgan fingerprint density at radius 3 is 2.55 bits per heavy atom. The molecular formula is C24H34ClN5O. The van der Waals surface area contributed by atoms with Crippen molar-refractivity contribution in [1.29, 1.82) is 0 Å². The van der Waals surface area contributed by atoms with Crippen LogP contribution in [0.3, 0.4) is 0 Å². The minimum Gasteiger partial charge on any atom is -0.353 e. The highest BCUT2D eigenvalue weighted by atomic mass is 35.5. The molecular weight excluding hydrogens is 410 g/mol. The molecule has 0 bridgehead atoms. The number of unbranched alkanes of at least 4 members (excludes halogenated alkanes) is 1. The maximum Gasteiger partial charge on any atom is 0.220 e. The molecule has 0 saturated heterocycles. The summed E-state index contributed by atoms with van der Waals surface area (Å²) in [5.41, 5.74) is 3.07. The first-order chi connectivity index (χ1) is 15.0. The van der Waals surface area contributed by atoms with Crippen LogP contribution in [0.2, 0.25) is 5.02 Å². The van der Waals surface area contributed by atoms with E-state index < -0.39 is 0 Å². The lowest BCUT2D eigenvalue weighted by molar-refractivity contribution is -0.122. The quantitative estimate of drug-likeness (QED) is 0.598. The van der Waals surface area contributed by atoms with Crippen LogP contribution >= 0.6 is 11.6 Å². The largest absolute Gasteiger partial charge is 0.353 e. The number of hydrogen-bond acceptors (Lipinski definition) is 4. The molecule has 2 aromatic heterocycles. The van der Waals surface area contributed by atoms with Crippen molar-refractivity contribution in [3.05, 3.63) is 28.9 Å². The smallest absolute Gasteiger partial charge is 0.220 e. The van der Waals surface area contributed by atoms with E-state index in [9.17, 15) is 4.79 Å². The van der Waals surface area contributed by atoms with Gasteiger partial charge in [-0.3, -0.25) is 9.48 Å². The first-order valence-corrected chi connectivity index (χ1v) is 12.2. The van der Waals surface area contributed by atoms with Gasteiger partial charge in [0.05, 0.1) is 16.9 Å². The van der Waals surface area contributed by atoms with Crippen molar-refractivity contribution in [3.63, 3.8) is 0 Å². The molecule has 0 aromatic carbocycles. The Kier molecular flexibility index (Phi) is 7.26. The Morgan fingerprint density at radius 1 is 1.13 bits per heavy atom. The Morgan fingerprint density at radius 2 is 1.84 bits per heavy atom. The lowest BCUT2D eigenvalue weighted by Crippen LogP contribution is -2.37. The van der Waals surface area contributed by atoms with Crippen LogP contribution in [0.4, 0.5) is 0 Å². The molecule has 2 heterocycles. The lowest BCUT2D eigenvalue weighted by atomic mass is 9.84. The van der Waals surface area contributed by atoms with Crippen LogP contribution in [0.25, 0.3) is 11.3 Å². The Bertz CT molecular complexity index is 899. The summed E-state index contributed by atoms with van der Waals surface area (Å²) in [6.07, 6.45) is 15.1. The van der Waals surface area contributed by atoms with E-state index in [0.29, 0.717) is 23.4 Å². The highest BCUT2D eigenvalue weighted by Crippen LogP contribution is 2.37. The zero-order valence-corrected chi connectivity index (χ0v) is 19.5. The van der Waals surface area contributed by atoms with Gasteiger partial charge in [-0.1, -0.05) is 24.9 Å². The first-order valence-electron chi connectivity index (χ1n) is 11.9. The fourth-order valence-electron chi connectivity index (χ4n) is 4.60. The van der Waals surface area contributed by atoms with Gasteiger partial charge in [-0.2, -0.15) is 5.10 Å². The number of nitrogens with one attached hydrogen (secondary N) is 1. The summed E-state index contributed by atoms with van der Waals surface area (Å²) in [6.45, 7) is 2.12. The standard InChI is InChI=1S/C24H34ClN5O/c1-3-4-5-23(31)28-18-10-8-17(9-11-18)13-22-26-15-20(25)24(29-22)19-14-27-30(2)21(19)12-16-6-7-16/h14-18H,3-13H2,1-2H3,(H,28,31). The Balaban J connectivity index is 1.37. The predicted molar refractivity (Wildman–Crippen MR) is 123 cm³/mol. The molecule has 0 radical (unpaired) electrons. The molecule has 0 spiro atoms. The third kappa shape index (κ3) is 5.85. The van der Waals surface area contributed by atoms with Crippen molar-refractivity contribution >= 4 is 17.5 Å². The molecule has 2 aliphatic rings. The average Bonchev–Trinajstić information content (AvgIpc) is 3.52. The van der Waals surface area contributed by atoms with Crippen LogP contribution in [0.1, 0.15) is 76.2 Å². The molecule has 1 amide bonds. The molecule has 2 aliphatic carbocycles. The van der Waals surface area contributed by atoms with E-state index in [1.165, 1.54) is 18.5 Å². The van der Waals surface area contributed by atoms with Crippen LogP contribution in [-0.2, 0) is 24.7 Å². The number of carbonyl (C=O) groups excluding carboxylic acids is 1. The normalized spacial score (nSPS) is 21.3. The molecule has 2 fully saturated rings. The topological polar surface area (TPSA) is 72.7 Å². The van der Waals surface area contributed by atoms with E-state index in [4.69, 9.17) is 16.6 Å². The number of halogens is 1. The predicted octanol–water partition coefficient (Wildman–Crippen LogP) is 4.89. The third-order valence-corrected chi connectivity index (χ3v) is 7.01. The second-order valence-corrected chi connectivity index (χ2v) is 9.76. The summed E-state index contributed by atoms with van der Waals surface area (Å²) in [5, 5.41) is 8.27. The zero-order chi connectivity index (χ0) is 21.8. The summed E-state index contributed by atoms with van der Waals surface area (Å²) in [6, 6.07) is 0.322. The molecule has 31 heavy (non-hydrogen) atoms. The average molecular weight is 444 g/mol. The number of nitrogens with zero attached hydrogens (tertiary/aromatic N) is 4. The third-order valence-electron chi connectivity index (χ3n) is 6.73. The molecule has 0 unspecified atom stereocenters. The van der Waals surface area contributed by atoms with Crippen molar-refractivity contribution in [1.82, 2.24) is 25.1 Å². The van der Waals surface area contributed by atoms with Gasteiger partial charge < -0.3 is 5.32 Å². The molecule has 168 valence electrons. The van der Waals surface area contributed by atoms with Gasteiger partial charge in [-0.15, -0.1) is 0 Å². The van der Waals surface area contributed by atoms with E-state index in [2.05, 4.69) is 22.3 Å². The van der Waals surface area contributed by atoms with Crippen LogP contribution in [0, 0.1) is 11.8 Å². The molecule has 4 rings (SSSR count). The number of amides is 1. The van der Waals surface area contributed by atoms with Crippen molar-refractivity contribution < 1.29 is 4.79 Å². The highest BCUT2D eigenvalue weighted by Gasteiger charge is 2.27. The highest BCUT2D eigenvalue weighted by molar-refractivity contribution is 6.32. The van der Waals surface area contributed by atoms with E-state index in [-0.39, 0.29) is 5.91 Å². The SMILES string of the molecule is CCCCC(=O)NC1CCC(Cc2ncc(Cl)c(-c3cnn(C)c3CC3CC3)n2)CC1. The summed E-state index contributed by atoms with van der Waals surface area (Å²) in [4.78, 5) is 21.4. The Labute approximate surface area is 190 Å². The number of aryl methyl sites for hydroxylation is 1. The van der Waals surface area contributed by atoms with E-state index >= 15 is 0 Å². The fourth-order valence-corrected chi connectivity index (χ4v) is 4.79. The van der Waals surface area contributed by atoms with Gasteiger partial charge in [0.2, 0.25) is 5.91 Å². The van der Waals surface area contributed by atoms with E-state index in [1.54, 1.807) is 6.20 Å². The molecule has 7 heteroatoms. The molecule has 0 atom stereocenters. The monoisotopic (exact) mass is 443 g/mol. The number of aromatic nitrogens is 4. The lowest BCUT2D eigenvalue weighted by Gasteiger charge is -2.29. The van der Waals surface area contributed by atoms with Crippen LogP contribution in [0.15, 0.2) is 12.4 Å². The van der Waals surface area contributed by atoms with Crippen LogP contribution in [-0.4, -0.2) is 31.7 Å². The number of hydrogen-bond donors (Lipinski definition) is 1. The van der Waals surface area contributed by atoms with E-state index in [0.717, 1.165) is 74.4 Å². The first kappa shape index (κ1) is 22.3. The second-order valence-electron chi connectivity index (χ2n) is 9.35.